The van der Waals surface area contributed by atoms with Crippen molar-refractivity contribution in [1.29, 1.82) is 0 Å². The van der Waals surface area contributed by atoms with E-state index in [1.807, 2.05) is 18.2 Å². The second-order valence-corrected chi connectivity index (χ2v) is 8.15. The number of aromatic hydroxyl groups is 2. The van der Waals surface area contributed by atoms with E-state index in [1.54, 1.807) is 0 Å². The van der Waals surface area contributed by atoms with E-state index in [1.165, 1.54) is 30.4 Å². The number of Topliss-reactive ketones (excluding diaryl/α,β-unsaturated/α-hetero) is 1. The zero-order valence-electron chi connectivity index (χ0n) is 17.9. The number of phenols is 2. The third-order valence-corrected chi connectivity index (χ3v) is 5.74. The summed E-state index contributed by atoms with van der Waals surface area (Å²) < 4.78 is 5.31. The van der Waals surface area contributed by atoms with Gasteiger partial charge in [-0.2, -0.15) is 0 Å². The van der Waals surface area contributed by atoms with Gasteiger partial charge < -0.3 is 14.9 Å². The molecule has 158 valence electrons. The number of allylic oxidation sites excluding steroid dienone is 4. The Balaban J connectivity index is 1.96. The highest BCUT2D eigenvalue weighted by molar-refractivity contribution is 6.03. The lowest BCUT2D eigenvalue weighted by Gasteiger charge is -2.31. The van der Waals surface area contributed by atoms with Crippen molar-refractivity contribution in [1.82, 2.24) is 0 Å². The van der Waals surface area contributed by atoms with Crippen LogP contribution in [-0.4, -0.2) is 23.1 Å². The summed E-state index contributed by atoms with van der Waals surface area (Å²) in [7, 11) is 1.44. The Kier molecular flexibility index (Phi) is 6.99. The molecule has 1 aliphatic rings. The Bertz CT molecular complexity index is 952. The Labute approximate surface area is 178 Å². The number of carbonyl (C=O) groups is 1. The van der Waals surface area contributed by atoms with Gasteiger partial charge in [-0.05, 0) is 51.0 Å². The molecule has 0 heterocycles. The van der Waals surface area contributed by atoms with Crippen molar-refractivity contribution in [2.24, 2.45) is 5.92 Å². The van der Waals surface area contributed by atoms with Gasteiger partial charge in [0.25, 0.3) is 0 Å². The Morgan fingerprint density at radius 2 is 1.90 bits per heavy atom. The van der Waals surface area contributed by atoms with Crippen LogP contribution in [0.5, 0.6) is 17.2 Å². The predicted molar refractivity (Wildman–Crippen MR) is 119 cm³/mol. The molecule has 2 aromatic carbocycles. The third-order valence-electron chi connectivity index (χ3n) is 5.74. The largest absolute Gasteiger partial charge is 0.508 e. The Morgan fingerprint density at radius 1 is 1.17 bits per heavy atom. The molecule has 1 unspecified atom stereocenters. The van der Waals surface area contributed by atoms with Gasteiger partial charge in [-0.25, -0.2) is 0 Å². The van der Waals surface area contributed by atoms with Crippen LogP contribution in [0.25, 0.3) is 0 Å². The fraction of sp³-hybridized carbons (Fsp3) is 0.346. The van der Waals surface area contributed by atoms with Crippen molar-refractivity contribution in [3.05, 3.63) is 76.9 Å². The molecule has 0 saturated heterocycles. The highest BCUT2D eigenvalue weighted by Gasteiger charge is 2.35. The molecule has 4 heteroatoms. The van der Waals surface area contributed by atoms with E-state index in [0.29, 0.717) is 6.42 Å². The maximum Gasteiger partial charge on any atom is 0.174 e. The molecule has 0 aliphatic heterocycles. The van der Waals surface area contributed by atoms with E-state index in [2.05, 4.69) is 38.1 Å². The number of phenolic OH excluding ortho intramolecular Hbond substituents is 2. The summed E-state index contributed by atoms with van der Waals surface area (Å²) in [5.41, 5.74) is 3.83. The smallest absolute Gasteiger partial charge is 0.174 e. The molecule has 30 heavy (non-hydrogen) atoms. The predicted octanol–water partition coefficient (Wildman–Crippen LogP) is 6.16. The van der Waals surface area contributed by atoms with Gasteiger partial charge in [0.15, 0.2) is 5.78 Å². The fourth-order valence-corrected chi connectivity index (χ4v) is 4.24. The van der Waals surface area contributed by atoms with E-state index in [9.17, 15) is 15.0 Å². The summed E-state index contributed by atoms with van der Waals surface area (Å²) in [5.74, 6) is -0.598. The lowest BCUT2D eigenvalue weighted by molar-refractivity contribution is 0.0887. The first-order chi connectivity index (χ1) is 14.4. The molecule has 3 rings (SSSR count). The maximum absolute atomic E-state index is 13.7. The number of rotatable bonds is 7. The first-order valence-electron chi connectivity index (χ1n) is 10.4. The Hall–Kier alpha value is -3.01. The molecule has 2 N–H and O–H groups in total. The minimum atomic E-state index is -0.302. The zero-order chi connectivity index (χ0) is 21.7. The number of ether oxygens (including phenoxy) is 1. The van der Waals surface area contributed by atoms with Crippen molar-refractivity contribution in [3.8, 4) is 17.2 Å². The van der Waals surface area contributed by atoms with Gasteiger partial charge in [0.05, 0.1) is 7.11 Å². The maximum atomic E-state index is 13.7. The first kappa shape index (κ1) is 21.7. The number of benzene rings is 2. The van der Waals surface area contributed by atoms with Crippen molar-refractivity contribution in [2.75, 3.05) is 7.11 Å². The second-order valence-electron chi connectivity index (χ2n) is 8.15. The molecular formula is C26H30O4. The minimum Gasteiger partial charge on any atom is -0.508 e. The van der Waals surface area contributed by atoms with Crippen LogP contribution >= 0.6 is 0 Å². The number of ketones is 1. The molecule has 4 nitrogen and oxygen atoms in total. The summed E-state index contributed by atoms with van der Waals surface area (Å²) in [4.78, 5) is 13.7. The number of methoxy groups -OCH3 is 1. The van der Waals surface area contributed by atoms with Gasteiger partial charge in [0.2, 0.25) is 0 Å². The quantitative estimate of drug-likeness (QED) is 0.427. The van der Waals surface area contributed by atoms with Gasteiger partial charge in [0.1, 0.15) is 22.8 Å². The topological polar surface area (TPSA) is 66.8 Å². The molecule has 0 radical (unpaired) electrons. The van der Waals surface area contributed by atoms with E-state index in [0.717, 1.165) is 24.8 Å². The average molecular weight is 407 g/mol. The van der Waals surface area contributed by atoms with Gasteiger partial charge in [-0.3, -0.25) is 4.79 Å². The monoisotopic (exact) mass is 406 g/mol. The van der Waals surface area contributed by atoms with Crippen LogP contribution in [0.1, 0.15) is 61.4 Å². The van der Waals surface area contributed by atoms with Gasteiger partial charge >= 0.3 is 0 Å². The van der Waals surface area contributed by atoms with E-state index < -0.39 is 0 Å². The molecule has 1 aliphatic carbocycles. The second kappa shape index (κ2) is 9.66. The molecule has 0 aromatic heterocycles. The van der Waals surface area contributed by atoms with Crippen LogP contribution in [0.4, 0.5) is 0 Å². The number of hydrogen-bond acceptors (Lipinski definition) is 4. The summed E-state index contributed by atoms with van der Waals surface area (Å²) in [6, 6.07) is 12.6. The Morgan fingerprint density at radius 3 is 2.57 bits per heavy atom. The van der Waals surface area contributed by atoms with Crippen LogP contribution in [0.3, 0.4) is 0 Å². The molecule has 0 saturated carbocycles. The van der Waals surface area contributed by atoms with Gasteiger partial charge in [-0.15, -0.1) is 0 Å². The SMILES string of the molecule is COc1cc(O)cc(O)c1C(=O)C1CC(CCC=C(C)C)=CC[C@H]1c1ccccc1. The molecule has 0 spiro atoms. The van der Waals surface area contributed by atoms with Crippen molar-refractivity contribution in [3.63, 3.8) is 0 Å². The van der Waals surface area contributed by atoms with E-state index in [-0.39, 0.29) is 40.4 Å². The van der Waals surface area contributed by atoms with Crippen molar-refractivity contribution < 1.29 is 19.7 Å². The molecule has 0 amide bonds. The van der Waals surface area contributed by atoms with Crippen LogP contribution in [-0.2, 0) is 0 Å². The van der Waals surface area contributed by atoms with Crippen LogP contribution in [0, 0.1) is 5.92 Å². The lowest BCUT2D eigenvalue weighted by Crippen LogP contribution is -2.26. The molecular weight excluding hydrogens is 376 g/mol. The third kappa shape index (κ3) is 4.93. The van der Waals surface area contributed by atoms with E-state index in [4.69, 9.17) is 4.74 Å². The molecule has 2 atom stereocenters. The number of carbonyl (C=O) groups excluding carboxylic acids is 1. The fourth-order valence-electron chi connectivity index (χ4n) is 4.24. The molecule has 0 fully saturated rings. The normalized spacial score (nSPS) is 18.4. The van der Waals surface area contributed by atoms with Crippen molar-refractivity contribution in [2.45, 2.75) is 45.4 Å². The lowest BCUT2D eigenvalue weighted by atomic mass is 9.72. The van der Waals surface area contributed by atoms with Gasteiger partial charge in [-0.1, -0.05) is 53.6 Å². The zero-order valence-corrected chi connectivity index (χ0v) is 17.9. The van der Waals surface area contributed by atoms with Crippen molar-refractivity contribution >= 4 is 5.78 Å². The highest BCUT2D eigenvalue weighted by Crippen LogP contribution is 2.43. The van der Waals surface area contributed by atoms with Crippen LogP contribution in [0.15, 0.2) is 65.8 Å². The summed E-state index contributed by atoms with van der Waals surface area (Å²) in [6.07, 6.45) is 7.81. The highest BCUT2D eigenvalue weighted by atomic mass is 16.5. The molecule has 0 bridgehead atoms. The minimum absolute atomic E-state index is 0.0313. The van der Waals surface area contributed by atoms with Crippen LogP contribution in [0.2, 0.25) is 0 Å². The van der Waals surface area contributed by atoms with Crippen LogP contribution < -0.4 is 4.74 Å². The number of hydrogen-bond donors (Lipinski definition) is 2. The first-order valence-corrected chi connectivity index (χ1v) is 10.4. The summed E-state index contributed by atoms with van der Waals surface area (Å²) in [6.45, 7) is 4.18. The summed E-state index contributed by atoms with van der Waals surface area (Å²) >= 11 is 0. The molecule has 2 aromatic rings. The standard InChI is InChI=1S/C26H30O4/c1-17(2)8-7-9-18-12-13-21(19-10-5-4-6-11-19)22(14-18)26(29)25-23(28)15-20(27)16-24(25)30-3/h4-6,8,10-12,15-16,21-22,27-28H,7,9,13-14H2,1-3H3/t21-,22?/m0/s1. The van der Waals surface area contributed by atoms with E-state index >= 15 is 0 Å². The average Bonchev–Trinajstić information content (AvgIpc) is 2.73. The summed E-state index contributed by atoms with van der Waals surface area (Å²) in [5, 5.41) is 20.2. The van der Waals surface area contributed by atoms with Gasteiger partial charge in [0, 0.05) is 18.1 Å².